The van der Waals surface area contributed by atoms with Crippen molar-refractivity contribution >= 4 is 44.1 Å². The van der Waals surface area contributed by atoms with Crippen LogP contribution in [-0.4, -0.2) is 61.9 Å². The molecule has 0 spiro atoms. The van der Waals surface area contributed by atoms with Gasteiger partial charge in [-0.05, 0) is 113 Å². The van der Waals surface area contributed by atoms with Gasteiger partial charge in [0.25, 0.3) is 5.91 Å². The minimum atomic E-state index is -3.78. The van der Waals surface area contributed by atoms with Crippen molar-refractivity contribution in [2.75, 3.05) is 31.3 Å². The van der Waals surface area contributed by atoms with E-state index in [9.17, 15) is 18.0 Å². The lowest BCUT2D eigenvalue weighted by Gasteiger charge is -2.31. The summed E-state index contributed by atoms with van der Waals surface area (Å²) in [5, 5.41) is 3.43. The second-order valence-corrected chi connectivity index (χ2v) is 15.0. The van der Waals surface area contributed by atoms with Crippen LogP contribution >= 0.6 is 0 Å². The largest absolute Gasteiger partial charge is 0.490 e. The molecule has 1 aliphatic rings. The molecule has 5 rings (SSSR count). The number of nitrogens with zero attached hydrogens (tertiary/aromatic N) is 2. The van der Waals surface area contributed by atoms with Crippen molar-refractivity contribution in [1.29, 1.82) is 0 Å². The van der Waals surface area contributed by atoms with Crippen LogP contribution in [0.3, 0.4) is 0 Å². The number of ether oxygens (including phenoxy) is 4. The van der Waals surface area contributed by atoms with Crippen molar-refractivity contribution in [2.45, 2.75) is 75.9 Å². The fraction of sp³-hybridized carbons (Fsp3) is 0.378. The van der Waals surface area contributed by atoms with Gasteiger partial charge in [-0.2, -0.15) is 0 Å². The summed E-state index contributed by atoms with van der Waals surface area (Å²) >= 11 is 0. The molecule has 1 saturated heterocycles. The number of likely N-dealkylation sites (tertiary alicyclic amines) is 1. The highest BCUT2D eigenvalue weighted by atomic mass is 32.2. The van der Waals surface area contributed by atoms with Gasteiger partial charge >= 0.3 is 6.09 Å². The number of nitrogens with two attached hydrogens (primary N) is 1. The first kappa shape index (κ1) is 36.2. The first-order valence-corrected chi connectivity index (χ1v) is 18.2. The first-order valence-electron chi connectivity index (χ1n) is 16.6. The summed E-state index contributed by atoms with van der Waals surface area (Å²) in [5.41, 5.74) is 7.35. The number of benzene rings is 3. The topological polar surface area (TPSA) is 159 Å². The molecule has 0 unspecified atom stereocenters. The molecule has 2 heterocycles. The summed E-state index contributed by atoms with van der Waals surface area (Å²) in [6, 6.07) is 16.4. The Hall–Kier alpha value is -5.04. The number of pyridine rings is 1. The third kappa shape index (κ3) is 7.72. The molecule has 266 valence electrons. The number of nitrogens with one attached hydrogen (secondary N) is 1. The highest BCUT2D eigenvalue weighted by molar-refractivity contribution is 7.92. The lowest BCUT2D eigenvalue weighted by Crippen LogP contribution is -2.37. The van der Waals surface area contributed by atoms with E-state index in [0.717, 1.165) is 10.8 Å². The van der Waals surface area contributed by atoms with Crippen LogP contribution in [-0.2, 0) is 19.4 Å². The van der Waals surface area contributed by atoms with E-state index < -0.39 is 33.3 Å². The fourth-order valence-corrected chi connectivity index (χ4v) is 7.32. The van der Waals surface area contributed by atoms with Gasteiger partial charge in [0.1, 0.15) is 11.6 Å². The number of anilines is 2. The maximum atomic E-state index is 14.8. The Morgan fingerprint density at radius 3 is 2.48 bits per heavy atom. The van der Waals surface area contributed by atoms with E-state index in [1.54, 1.807) is 67.4 Å². The van der Waals surface area contributed by atoms with Crippen LogP contribution in [0.15, 0.2) is 71.8 Å². The Balaban J connectivity index is 1.61. The van der Waals surface area contributed by atoms with E-state index >= 15 is 0 Å². The average molecular weight is 705 g/mol. The molecule has 0 aliphatic carbocycles. The number of sulfone groups is 1. The molecular weight excluding hydrogens is 660 g/mol. The van der Waals surface area contributed by atoms with Gasteiger partial charge in [0.15, 0.2) is 21.3 Å². The summed E-state index contributed by atoms with van der Waals surface area (Å²) < 4.78 is 50.5. The normalized spacial score (nSPS) is 15.3. The van der Waals surface area contributed by atoms with E-state index in [-0.39, 0.29) is 16.9 Å². The molecule has 3 aromatic carbocycles. The number of fused-ring (bicyclic) bond motifs is 1. The van der Waals surface area contributed by atoms with Crippen LogP contribution in [0.4, 0.5) is 16.3 Å². The monoisotopic (exact) mass is 704 g/mol. The molecule has 0 bridgehead atoms. The summed E-state index contributed by atoms with van der Waals surface area (Å²) in [7, 11) is -2.53. The standard InChI is InChI=1S/C37H44N4O8S/c1-7-47-32-20-25(10-14-31(32)48-22(2)3)34(49-27-12-13-28-24(19-27)16-17-39-35(28)38)36(42)41-18-8-9-30(41)29-21-26(40-37(43)46-6)11-15-33(29)50(44,45)23(4)5/h10-17,19-23,30,34H,7-9,18H2,1-6H3,(H2,38,39)(H,40,43)/t30-,34-/m1/s1. The third-order valence-electron chi connectivity index (χ3n) is 8.44. The number of hydrogen-bond donors (Lipinski definition) is 2. The molecule has 1 aliphatic heterocycles. The summed E-state index contributed by atoms with van der Waals surface area (Å²) in [4.78, 5) is 32.8. The predicted octanol–water partition coefficient (Wildman–Crippen LogP) is 6.85. The molecule has 2 amide bonds. The lowest BCUT2D eigenvalue weighted by molar-refractivity contribution is -0.140. The molecule has 0 saturated carbocycles. The van der Waals surface area contributed by atoms with Crippen molar-refractivity contribution < 1.29 is 37.0 Å². The van der Waals surface area contributed by atoms with Gasteiger partial charge in [-0.1, -0.05) is 6.07 Å². The van der Waals surface area contributed by atoms with Crippen LogP contribution < -0.4 is 25.3 Å². The van der Waals surface area contributed by atoms with Crippen molar-refractivity contribution in [1.82, 2.24) is 9.88 Å². The molecule has 50 heavy (non-hydrogen) atoms. The number of aromatic nitrogens is 1. The number of amides is 2. The number of methoxy groups -OCH3 is 1. The van der Waals surface area contributed by atoms with Crippen molar-refractivity contribution in [2.24, 2.45) is 0 Å². The zero-order valence-electron chi connectivity index (χ0n) is 29.1. The van der Waals surface area contributed by atoms with Crippen molar-refractivity contribution in [3.05, 3.63) is 78.0 Å². The zero-order valence-corrected chi connectivity index (χ0v) is 30.0. The van der Waals surface area contributed by atoms with Gasteiger partial charge in [-0.15, -0.1) is 0 Å². The van der Waals surface area contributed by atoms with Gasteiger partial charge in [0, 0.05) is 29.4 Å². The zero-order chi connectivity index (χ0) is 36.2. The molecule has 3 N–H and O–H groups in total. The molecule has 12 nitrogen and oxygen atoms in total. The van der Waals surface area contributed by atoms with Crippen LogP contribution in [0, 0.1) is 0 Å². The quantitative estimate of drug-likeness (QED) is 0.160. The number of nitrogen functional groups attached to an aromatic ring is 1. The van der Waals surface area contributed by atoms with E-state index in [1.807, 2.05) is 26.8 Å². The van der Waals surface area contributed by atoms with Crippen LogP contribution in [0.5, 0.6) is 17.2 Å². The number of rotatable bonds is 12. The van der Waals surface area contributed by atoms with Gasteiger partial charge in [0.05, 0.1) is 36.0 Å². The molecule has 13 heteroatoms. The summed E-state index contributed by atoms with van der Waals surface area (Å²) in [5.74, 6) is 1.41. The van der Waals surface area contributed by atoms with E-state index in [1.165, 1.54) is 19.2 Å². The summed E-state index contributed by atoms with van der Waals surface area (Å²) in [6.45, 7) is 9.63. The van der Waals surface area contributed by atoms with Crippen molar-refractivity contribution in [3.8, 4) is 17.2 Å². The SMILES string of the molecule is CCOc1cc([C@@H](Oc2ccc3c(N)nccc3c2)C(=O)N2CCC[C@@H]2c2cc(NC(=O)OC)ccc2S(=O)(=O)C(C)C)ccc1OC(C)C. The Labute approximate surface area is 292 Å². The molecular formula is C37H44N4O8S. The molecule has 1 aromatic heterocycles. The molecule has 1 fully saturated rings. The molecule has 4 aromatic rings. The average Bonchev–Trinajstić information content (AvgIpc) is 3.57. The first-order chi connectivity index (χ1) is 23.8. The maximum absolute atomic E-state index is 14.8. The third-order valence-corrected chi connectivity index (χ3v) is 10.7. The predicted molar refractivity (Wildman–Crippen MR) is 191 cm³/mol. The number of hydrogen-bond acceptors (Lipinski definition) is 10. The lowest BCUT2D eigenvalue weighted by atomic mass is 10.0. The number of carbonyl (C=O) groups excluding carboxylic acids is 2. The van der Waals surface area contributed by atoms with Gasteiger partial charge in [0.2, 0.25) is 6.10 Å². The highest BCUT2D eigenvalue weighted by Crippen LogP contribution is 2.41. The molecule has 2 atom stereocenters. The van der Waals surface area contributed by atoms with E-state index in [4.69, 9.17) is 24.7 Å². The van der Waals surface area contributed by atoms with E-state index in [0.29, 0.717) is 65.9 Å². The minimum Gasteiger partial charge on any atom is -0.490 e. The second kappa shape index (κ2) is 15.2. The maximum Gasteiger partial charge on any atom is 0.411 e. The van der Waals surface area contributed by atoms with Crippen molar-refractivity contribution in [3.63, 3.8) is 0 Å². The van der Waals surface area contributed by atoms with Gasteiger partial charge in [-0.3, -0.25) is 10.1 Å². The van der Waals surface area contributed by atoms with Crippen LogP contribution in [0.25, 0.3) is 10.8 Å². The Bertz CT molecular complexity index is 1980. The summed E-state index contributed by atoms with van der Waals surface area (Å²) in [6.07, 6.45) is 0.750. The van der Waals surface area contributed by atoms with Crippen LogP contribution in [0.2, 0.25) is 0 Å². The smallest absolute Gasteiger partial charge is 0.411 e. The highest BCUT2D eigenvalue weighted by Gasteiger charge is 2.39. The van der Waals surface area contributed by atoms with Crippen LogP contribution in [0.1, 0.15) is 70.7 Å². The fourth-order valence-electron chi connectivity index (χ4n) is 6.03. The van der Waals surface area contributed by atoms with Gasteiger partial charge < -0.3 is 29.6 Å². The molecule has 0 radical (unpaired) electrons. The second-order valence-electron chi connectivity index (χ2n) is 12.5. The number of carbonyl (C=O) groups is 2. The van der Waals surface area contributed by atoms with E-state index in [2.05, 4.69) is 10.3 Å². The van der Waals surface area contributed by atoms with Gasteiger partial charge in [-0.25, -0.2) is 18.2 Å². The minimum absolute atomic E-state index is 0.0969. The Kier molecular flexibility index (Phi) is 11.0. The Morgan fingerprint density at radius 1 is 1.00 bits per heavy atom. The Morgan fingerprint density at radius 2 is 1.78 bits per heavy atom.